The molecular formula is C14H16N2O3S2. The molecule has 0 aliphatic heterocycles. The fourth-order valence-corrected chi connectivity index (χ4v) is 4.40. The van der Waals surface area contributed by atoms with Crippen LogP contribution in [-0.4, -0.2) is 22.6 Å². The maximum absolute atomic E-state index is 12.7. The first-order valence-electron chi connectivity index (χ1n) is 6.96. The molecule has 0 unspecified atom stereocenters. The lowest BCUT2D eigenvalue weighted by Crippen LogP contribution is -2.24. The molecular weight excluding hydrogens is 308 g/mol. The van der Waals surface area contributed by atoms with Gasteiger partial charge in [0, 0.05) is 11.4 Å². The minimum Gasteiger partial charge on any atom is -0.469 e. The molecule has 0 spiro atoms. The molecule has 0 bridgehead atoms. The highest BCUT2D eigenvalue weighted by Crippen LogP contribution is 2.33. The minimum absolute atomic E-state index is 0.0861. The van der Waals surface area contributed by atoms with Gasteiger partial charge in [0.1, 0.15) is 4.83 Å². The third-order valence-electron chi connectivity index (χ3n) is 3.86. The van der Waals surface area contributed by atoms with Gasteiger partial charge in [-0.05, 0) is 43.5 Å². The molecule has 7 heteroatoms. The molecule has 1 N–H and O–H groups in total. The van der Waals surface area contributed by atoms with E-state index in [1.807, 2.05) is 0 Å². The van der Waals surface area contributed by atoms with Crippen LogP contribution in [0.4, 0.5) is 0 Å². The normalized spacial score (nSPS) is 14.1. The summed E-state index contributed by atoms with van der Waals surface area (Å²) in [6.07, 6.45) is 4.43. The van der Waals surface area contributed by atoms with Gasteiger partial charge in [0.15, 0.2) is 4.77 Å². The number of aromatic nitrogens is 2. The summed E-state index contributed by atoms with van der Waals surface area (Å²) in [7, 11) is 1.34. The van der Waals surface area contributed by atoms with Crippen LogP contribution < -0.4 is 5.56 Å². The van der Waals surface area contributed by atoms with Crippen molar-refractivity contribution in [3.63, 3.8) is 0 Å². The average Bonchev–Trinajstić information content (AvgIpc) is 2.84. The Morgan fingerprint density at radius 3 is 2.95 bits per heavy atom. The van der Waals surface area contributed by atoms with Crippen molar-refractivity contribution in [2.24, 2.45) is 0 Å². The fraction of sp³-hybridized carbons (Fsp3) is 0.500. The molecule has 2 heterocycles. The smallest absolute Gasteiger partial charge is 0.307 e. The Morgan fingerprint density at radius 1 is 1.43 bits per heavy atom. The van der Waals surface area contributed by atoms with E-state index in [0.29, 0.717) is 4.77 Å². The van der Waals surface area contributed by atoms with E-state index >= 15 is 0 Å². The molecule has 0 aromatic carbocycles. The molecule has 2 aromatic heterocycles. The number of nitrogens with one attached hydrogen (secondary N) is 1. The number of nitrogens with zero attached hydrogens (tertiary/aromatic N) is 1. The van der Waals surface area contributed by atoms with Crippen LogP contribution in [0.25, 0.3) is 10.2 Å². The summed E-state index contributed by atoms with van der Waals surface area (Å²) in [6.45, 7) is 0.251. The second-order valence-corrected chi connectivity index (χ2v) is 6.62. The van der Waals surface area contributed by atoms with Crippen LogP contribution >= 0.6 is 23.6 Å². The van der Waals surface area contributed by atoms with E-state index in [1.165, 1.54) is 28.5 Å². The summed E-state index contributed by atoms with van der Waals surface area (Å²) in [6, 6.07) is 0. The Kier molecular flexibility index (Phi) is 3.95. The highest BCUT2D eigenvalue weighted by atomic mass is 32.1. The van der Waals surface area contributed by atoms with Gasteiger partial charge in [0.25, 0.3) is 5.56 Å². The number of esters is 1. The van der Waals surface area contributed by atoms with E-state index in [2.05, 4.69) is 9.72 Å². The van der Waals surface area contributed by atoms with Crippen molar-refractivity contribution in [1.29, 1.82) is 0 Å². The predicted octanol–water partition coefficient (Wildman–Crippen LogP) is 2.56. The van der Waals surface area contributed by atoms with E-state index in [4.69, 9.17) is 12.2 Å². The lowest BCUT2D eigenvalue weighted by molar-refractivity contribution is -0.140. The number of ether oxygens (including phenoxy) is 1. The SMILES string of the molecule is COC(=O)CCn1c(=S)[nH]c2sc3c(c2c1=O)CCCC3. The van der Waals surface area contributed by atoms with Crippen molar-refractivity contribution in [3.05, 3.63) is 25.6 Å². The third kappa shape index (κ3) is 2.55. The Bertz CT molecular complexity index is 816. The maximum atomic E-state index is 12.7. The molecule has 3 rings (SSSR count). The largest absolute Gasteiger partial charge is 0.469 e. The number of aryl methyl sites for hydroxylation is 2. The zero-order valence-corrected chi connectivity index (χ0v) is 13.4. The summed E-state index contributed by atoms with van der Waals surface area (Å²) in [5.74, 6) is -0.344. The molecule has 0 amide bonds. The van der Waals surface area contributed by atoms with Gasteiger partial charge in [-0.25, -0.2) is 0 Å². The first-order chi connectivity index (χ1) is 10.1. The van der Waals surface area contributed by atoms with Gasteiger partial charge in [-0.1, -0.05) is 0 Å². The zero-order chi connectivity index (χ0) is 15.0. The van der Waals surface area contributed by atoms with Crippen molar-refractivity contribution in [3.8, 4) is 0 Å². The highest BCUT2D eigenvalue weighted by molar-refractivity contribution is 7.71. The van der Waals surface area contributed by atoms with Gasteiger partial charge in [-0.3, -0.25) is 14.2 Å². The number of thiophene rings is 1. The lowest BCUT2D eigenvalue weighted by Gasteiger charge is -2.10. The number of aromatic amines is 1. The molecule has 0 fully saturated rings. The second kappa shape index (κ2) is 5.73. The van der Waals surface area contributed by atoms with Crippen LogP contribution in [0.15, 0.2) is 4.79 Å². The number of hydrogen-bond donors (Lipinski definition) is 1. The van der Waals surface area contributed by atoms with E-state index < -0.39 is 0 Å². The summed E-state index contributed by atoms with van der Waals surface area (Å²) < 4.78 is 6.46. The van der Waals surface area contributed by atoms with Crippen LogP contribution in [-0.2, 0) is 28.9 Å². The fourth-order valence-electron chi connectivity index (χ4n) is 2.78. The highest BCUT2D eigenvalue weighted by Gasteiger charge is 2.20. The molecule has 1 aliphatic rings. The summed E-state index contributed by atoms with van der Waals surface area (Å²) in [4.78, 5) is 29.3. The number of H-pyrrole nitrogens is 1. The number of methoxy groups -OCH3 is 1. The summed E-state index contributed by atoms with van der Waals surface area (Å²) in [5.41, 5.74) is 1.08. The molecule has 0 saturated carbocycles. The topological polar surface area (TPSA) is 64.1 Å². The predicted molar refractivity (Wildman–Crippen MR) is 84.5 cm³/mol. The lowest BCUT2D eigenvalue weighted by atomic mass is 9.97. The molecule has 112 valence electrons. The monoisotopic (exact) mass is 324 g/mol. The number of carbonyl (C=O) groups excluding carboxylic acids is 1. The molecule has 5 nitrogen and oxygen atoms in total. The average molecular weight is 324 g/mol. The van der Waals surface area contributed by atoms with E-state index in [-0.39, 0.29) is 24.5 Å². The van der Waals surface area contributed by atoms with Crippen molar-refractivity contribution in [2.75, 3.05) is 7.11 Å². The summed E-state index contributed by atoms with van der Waals surface area (Å²) >= 11 is 6.90. The van der Waals surface area contributed by atoms with Gasteiger partial charge in [-0.2, -0.15) is 0 Å². The van der Waals surface area contributed by atoms with Crippen LogP contribution in [0.5, 0.6) is 0 Å². The standard InChI is InChI=1S/C14H16N2O3S2/c1-19-10(17)6-7-16-13(18)11-8-4-2-3-5-9(8)21-12(11)15-14(16)20/h2-7H2,1H3,(H,15,20). The van der Waals surface area contributed by atoms with E-state index in [0.717, 1.165) is 29.5 Å². The number of fused-ring (bicyclic) bond motifs is 3. The van der Waals surface area contributed by atoms with Gasteiger partial charge < -0.3 is 9.72 Å². The Labute approximate surface area is 130 Å². The minimum atomic E-state index is -0.344. The quantitative estimate of drug-likeness (QED) is 0.696. The molecule has 1 aliphatic carbocycles. The van der Waals surface area contributed by atoms with Crippen molar-refractivity contribution < 1.29 is 9.53 Å². The number of hydrogen-bond acceptors (Lipinski definition) is 5. The van der Waals surface area contributed by atoms with Gasteiger partial charge in [0.2, 0.25) is 0 Å². The second-order valence-electron chi connectivity index (χ2n) is 5.13. The van der Waals surface area contributed by atoms with E-state index in [9.17, 15) is 9.59 Å². The van der Waals surface area contributed by atoms with Crippen molar-refractivity contribution in [1.82, 2.24) is 9.55 Å². The first-order valence-corrected chi connectivity index (χ1v) is 8.18. The Hall–Kier alpha value is -1.47. The molecule has 21 heavy (non-hydrogen) atoms. The van der Waals surface area contributed by atoms with Crippen LogP contribution in [0.3, 0.4) is 0 Å². The number of carbonyl (C=O) groups is 1. The maximum Gasteiger partial charge on any atom is 0.307 e. The number of rotatable bonds is 3. The van der Waals surface area contributed by atoms with E-state index in [1.54, 1.807) is 11.3 Å². The van der Waals surface area contributed by atoms with Crippen LogP contribution in [0.2, 0.25) is 0 Å². The molecule has 0 saturated heterocycles. The van der Waals surface area contributed by atoms with Gasteiger partial charge in [-0.15, -0.1) is 11.3 Å². The molecule has 2 aromatic rings. The van der Waals surface area contributed by atoms with Crippen molar-refractivity contribution in [2.45, 2.75) is 38.6 Å². The van der Waals surface area contributed by atoms with Gasteiger partial charge in [0.05, 0.1) is 18.9 Å². The van der Waals surface area contributed by atoms with Gasteiger partial charge >= 0.3 is 5.97 Å². The van der Waals surface area contributed by atoms with Crippen LogP contribution in [0, 0.1) is 4.77 Å². The zero-order valence-electron chi connectivity index (χ0n) is 11.7. The Balaban J connectivity index is 2.11. The third-order valence-corrected chi connectivity index (χ3v) is 5.39. The Morgan fingerprint density at radius 2 is 2.19 bits per heavy atom. The van der Waals surface area contributed by atoms with Crippen LogP contribution in [0.1, 0.15) is 29.7 Å². The summed E-state index contributed by atoms with van der Waals surface area (Å²) in [5, 5.41) is 0.758. The first kappa shape index (κ1) is 14.5. The van der Waals surface area contributed by atoms with Crippen molar-refractivity contribution >= 4 is 39.7 Å². The molecule has 0 radical (unpaired) electrons. The molecule has 0 atom stereocenters.